The predicted octanol–water partition coefficient (Wildman–Crippen LogP) is 10.9. The van der Waals surface area contributed by atoms with Crippen LogP contribution in [0.1, 0.15) is 219 Å². The highest BCUT2D eigenvalue weighted by Crippen LogP contribution is 2.23. The minimum absolute atomic E-state index is 0.216. The first-order chi connectivity index (χ1) is 28.8. The Morgan fingerprint density at radius 3 is 1.44 bits per heavy atom. The molecular formula is C49H90O10. The average molecular weight is 839 g/mol. The molecule has 4 N–H and O–H groups in total. The molecule has 10 nitrogen and oxygen atoms in total. The third kappa shape index (κ3) is 31.7. The molecule has 1 heterocycles. The lowest BCUT2D eigenvalue weighted by atomic mass is 9.99. The third-order valence-corrected chi connectivity index (χ3v) is 11.5. The van der Waals surface area contributed by atoms with Gasteiger partial charge in [0.15, 0.2) is 12.4 Å². The third-order valence-electron chi connectivity index (χ3n) is 11.5. The highest BCUT2D eigenvalue weighted by molar-refractivity contribution is 5.70. The van der Waals surface area contributed by atoms with Crippen molar-refractivity contribution in [3.8, 4) is 0 Å². The summed E-state index contributed by atoms with van der Waals surface area (Å²) in [5, 5.41) is 40.1. The Morgan fingerprint density at radius 2 is 0.983 bits per heavy atom. The number of allylic oxidation sites excluding steroid dienone is 3. The van der Waals surface area contributed by atoms with Crippen LogP contribution in [0, 0.1) is 0 Å². The topological polar surface area (TPSA) is 152 Å². The molecule has 1 rings (SSSR count). The summed E-state index contributed by atoms with van der Waals surface area (Å²) in [6.07, 6.45) is 36.4. The molecule has 0 saturated carbocycles. The molecular weight excluding hydrogens is 749 g/mol. The van der Waals surface area contributed by atoms with E-state index in [1.165, 1.54) is 141 Å². The molecule has 1 fully saturated rings. The molecule has 0 amide bonds. The van der Waals surface area contributed by atoms with Gasteiger partial charge in [-0.15, -0.1) is 6.58 Å². The molecule has 346 valence electrons. The standard InChI is InChI=1S/C49H90O10/c1-3-5-7-9-11-13-15-17-19-20-21-22-24-25-27-29-31-33-35-37-44(51)56-40-42(41-57-49-48(55)47(54)46(53)43(39-50)59-49)58-45(52)38-36-34-32-30-28-26-23-18-16-14-12-10-8-6-4-2/h4,17,19,42-43,46-50,53-55H,2-3,5-16,18,20-41H2,1H3/b19-17+/t42-,43-,46+,47?,48?,49-/m0/s1. The molecule has 0 aromatic heterocycles. The maximum atomic E-state index is 12.8. The number of ether oxygens (including phenoxy) is 4. The first-order valence-corrected chi connectivity index (χ1v) is 24.4. The van der Waals surface area contributed by atoms with Gasteiger partial charge in [-0.2, -0.15) is 0 Å². The van der Waals surface area contributed by atoms with Crippen molar-refractivity contribution < 1.29 is 49.0 Å². The summed E-state index contributed by atoms with van der Waals surface area (Å²) < 4.78 is 22.2. The van der Waals surface area contributed by atoms with E-state index in [1.807, 2.05) is 6.08 Å². The van der Waals surface area contributed by atoms with Crippen molar-refractivity contribution in [2.24, 2.45) is 0 Å². The van der Waals surface area contributed by atoms with Crippen LogP contribution in [-0.4, -0.2) is 89.0 Å². The van der Waals surface area contributed by atoms with E-state index < -0.39 is 49.4 Å². The monoisotopic (exact) mass is 839 g/mol. The van der Waals surface area contributed by atoms with E-state index in [9.17, 15) is 30.0 Å². The molecule has 59 heavy (non-hydrogen) atoms. The van der Waals surface area contributed by atoms with E-state index >= 15 is 0 Å². The molecule has 10 heteroatoms. The maximum Gasteiger partial charge on any atom is 0.306 e. The van der Waals surface area contributed by atoms with Crippen molar-refractivity contribution >= 4 is 11.9 Å². The van der Waals surface area contributed by atoms with Gasteiger partial charge in [0.05, 0.1) is 13.2 Å². The molecule has 0 spiro atoms. The highest BCUT2D eigenvalue weighted by Gasteiger charge is 2.44. The summed E-state index contributed by atoms with van der Waals surface area (Å²) in [5.41, 5.74) is 0. The molecule has 0 aliphatic carbocycles. The summed E-state index contributed by atoms with van der Waals surface area (Å²) in [5.74, 6) is -0.803. The normalized spacial score (nSPS) is 19.9. The summed E-state index contributed by atoms with van der Waals surface area (Å²) in [7, 11) is 0. The van der Waals surface area contributed by atoms with Crippen molar-refractivity contribution in [1.29, 1.82) is 0 Å². The highest BCUT2D eigenvalue weighted by atomic mass is 16.7. The quantitative estimate of drug-likeness (QED) is 0.0266. The lowest BCUT2D eigenvalue weighted by molar-refractivity contribution is -0.305. The number of aliphatic hydroxyl groups is 4. The molecule has 2 unspecified atom stereocenters. The molecule has 0 bridgehead atoms. The van der Waals surface area contributed by atoms with E-state index in [1.54, 1.807) is 0 Å². The van der Waals surface area contributed by atoms with Crippen LogP contribution in [0.2, 0.25) is 0 Å². The first kappa shape index (κ1) is 55.2. The van der Waals surface area contributed by atoms with Gasteiger partial charge in [0.2, 0.25) is 0 Å². The van der Waals surface area contributed by atoms with Crippen LogP contribution in [0.5, 0.6) is 0 Å². The zero-order valence-corrected chi connectivity index (χ0v) is 37.6. The van der Waals surface area contributed by atoms with Crippen molar-refractivity contribution in [3.63, 3.8) is 0 Å². The van der Waals surface area contributed by atoms with E-state index in [0.717, 1.165) is 51.4 Å². The number of aliphatic hydroxyl groups excluding tert-OH is 4. The number of unbranched alkanes of at least 4 members (excludes halogenated alkanes) is 28. The van der Waals surface area contributed by atoms with E-state index in [4.69, 9.17) is 18.9 Å². The molecule has 0 radical (unpaired) electrons. The van der Waals surface area contributed by atoms with E-state index in [0.29, 0.717) is 6.42 Å². The molecule has 0 aromatic rings. The zero-order chi connectivity index (χ0) is 43.0. The van der Waals surface area contributed by atoms with Gasteiger partial charge in [-0.3, -0.25) is 9.59 Å². The maximum absolute atomic E-state index is 12.8. The first-order valence-electron chi connectivity index (χ1n) is 24.4. The van der Waals surface area contributed by atoms with Crippen LogP contribution < -0.4 is 0 Å². The fraction of sp³-hybridized carbons (Fsp3) is 0.878. The summed E-state index contributed by atoms with van der Waals surface area (Å²) in [6, 6.07) is 0. The molecule has 0 aromatic carbocycles. The lowest BCUT2D eigenvalue weighted by Gasteiger charge is -2.39. The van der Waals surface area contributed by atoms with Gasteiger partial charge in [0.25, 0.3) is 0 Å². The van der Waals surface area contributed by atoms with Gasteiger partial charge in [-0.05, 0) is 51.4 Å². The fourth-order valence-corrected chi connectivity index (χ4v) is 7.58. The van der Waals surface area contributed by atoms with Crippen LogP contribution in [0.3, 0.4) is 0 Å². The van der Waals surface area contributed by atoms with Gasteiger partial charge in [-0.1, -0.05) is 173 Å². The number of hydrogen-bond acceptors (Lipinski definition) is 10. The van der Waals surface area contributed by atoms with Gasteiger partial charge in [0.1, 0.15) is 31.0 Å². The fourth-order valence-electron chi connectivity index (χ4n) is 7.58. The van der Waals surface area contributed by atoms with Gasteiger partial charge in [0, 0.05) is 12.8 Å². The number of carbonyl (C=O) groups excluding carboxylic acids is 2. The Labute approximate surface area is 360 Å². The number of hydrogen-bond donors (Lipinski definition) is 4. The summed E-state index contributed by atoms with van der Waals surface area (Å²) in [4.78, 5) is 25.4. The number of carbonyl (C=O) groups is 2. The van der Waals surface area contributed by atoms with Crippen LogP contribution in [-0.2, 0) is 28.5 Å². The van der Waals surface area contributed by atoms with Gasteiger partial charge < -0.3 is 39.4 Å². The predicted molar refractivity (Wildman–Crippen MR) is 238 cm³/mol. The minimum atomic E-state index is -1.59. The van der Waals surface area contributed by atoms with Crippen LogP contribution in [0.25, 0.3) is 0 Å². The second-order valence-corrected chi connectivity index (χ2v) is 17.0. The zero-order valence-electron chi connectivity index (χ0n) is 37.6. The summed E-state index contributed by atoms with van der Waals surface area (Å²) in [6.45, 7) is 4.97. The largest absolute Gasteiger partial charge is 0.462 e. The number of esters is 2. The summed E-state index contributed by atoms with van der Waals surface area (Å²) >= 11 is 0. The minimum Gasteiger partial charge on any atom is -0.462 e. The Morgan fingerprint density at radius 1 is 0.559 bits per heavy atom. The molecule has 1 aliphatic rings. The molecule has 1 saturated heterocycles. The molecule has 1 aliphatic heterocycles. The Bertz CT molecular complexity index is 1000. The van der Waals surface area contributed by atoms with E-state index in [-0.39, 0.29) is 32.0 Å². The van der Waals surface area contributed by atoms with Crippen LogP contribution in [0.4, 0.5) is 0 Å². The second-order valence-electron chi connectivity index (χ2n) is 17.0. The smallest absolute Gasteiger partial charge is 0.306 e. The lowest BCUT2D eigenvalue weighted by Crippen LogP contribution is -2.59. The molecule has 6 atom stereocenters. The van der Waals surface area contributed by atoms with Gasteiger partial charge >= 0.3 is 11.9 Å². The van der Waals surface area contributed by atoms with Gasteiger partial charge in [-0.25, -0.2) is 0 Å². The Hall–Kier alpha value is -1.82. The van der Waals surface area contributed by atoms with Crippen molar-refractivity contribution in [3.05, 3.63) is 24.8 Å². The second kappa shape index (κ2) is 40.3. The Kier molecular flexibility index (Phi) is 37.7. The Balaban J connectivity index is 2.26. The van der Waals surface area contributed by atoms with E-state index in [2.05, 4.69) is 25.7 Å². The van der Waals surface area contributed by atoms with Crippen LogP contribution in [0.15, 0.2) is 24.8 Å². The average Bonchev–Trinajstić information content (AvgIpc) is 3.23. The SMILES string of the molecule is C=CCCCCCCCCCCCCCCCC(=O)O[C@@H](COC(=O)CCCCCCCCCCC/C=C/CCCCCCCC)CO[C@H]1O[C@@H](CO)[C@@H](O)C(O)C1O. The van der Waals surface area contributed by atoms with Crippen LogP contribution >= 0.6 is 0 Å². The van der Waals surface area contributed by atoms with Crippen molar-refractivity contribution in [2.45, 2.75) is 256 Å². The van der Waals surface area contributed by atoms with Crippen molar-refractivity contribution in [2.75, 3.05) is 19.8 Å². The number of rotatable bonds is 42. The van der Waals surface area contributed by atoms with Crippen molar-refractivity contribution in [1.82, 2.24) is 0 Å².